The van der Waals surface area contributed by atoms with Gasteiger partial charge in [0, 0.05) is 18.7 Å². The number of alkyl halides is 3. The molecule has 1 aliphatic heterocycles. The summed E-state index contributed by atoms with van der Waals surface area (Å²) in [5, 5.41) is 0. The maximum Gasteiger partial charge on any atom is 0.416 e. The number of hydrogen-bond acceptors (Lipinski definition) is 1. The predicted octanol–water partition coefficient (Wildman–Crippen LogP) is 7.15. The lowest BCUT2D eigenvalue weighted by Crippen LogP contribution is -2.45. The molecular formula is C28H21F4N. The third-order valence-corrected chi connectivity index (χ3v) is 6.37. The number of halogens is 4. The maximum atomic E-state index is 14.9. The van der Waals surface area contributed by atoms with Crippen molar-refractivity contribution in [1.82, 2.24) is 4.90 Å². The third-order valence-electron chi connectivity index (χ3n) is 6.37. The molecular weight excluding hydrogens is 426 g/mol. The summed E-state index contributed by atoms with van der Waals surface area (Å²) >= 11 is 0. The highest BCUT2D eigenvalue weighted by molar-refractivity contribution is 5.51. The molecule has 0 unspecified atom stereocenters. The lowest BCUT2D eigenvalue weighted by molar-refractivity contribution is -0.137. The van der Waals surface area contributed by atoms with Gasteiger partial charge in [0.1, 0.15) is 5.82 Å². The number of fused-ring (bicyclic) bond motifs is 1. The van der Waals surface area contributed by atoms with E-state index in [2.05, 4.69) is 4.90 Å². The van der Waals surface area contributed by atoms with Crippen LogP contribution in [0.5, 0.6) is 0 Å². The van der Waals surface area contributed by atoms with E-state index in [0.717, 1.165) is 22.8 Å². The first-order valence-corrected chi connectivity index (χ1v) is 10.7. The number of hydrogen-bond donors (Lipinski definition) is 0. The Morgan fingerprint density at radius 1 is 0.576 bits per heavy atom. The highest BCUT2D eigenvalue weighted by Crippen LogP contribution is 2.47. The summed E-state index contributed by atoms with van der Waals surface area (Å²) in [6.45, 7) is 0.382. The van der Waals surface area contributed by atoms with E-state index < -0.39 is 23.1 Å². The van der Waals surface area contributed by atoms with Crippen LogP contribution in [0.25, 0.3) is 0 Å². The molecule has 0 radical (unpaired) electrons. The van der Waals surface area contributed by atoms with Crippen molar-refractivity contribution in [3.05, 3.63) is 142 Å². The van der Waals surface area contributed by atoms with Gasteiger partial charge in [-0.25, -0.2) is 4.39 Å². The second-order valence-corrected chi connectivity index (χ2v) is 8.26. The van der Waals surface area contributed by atoms with Crippen molar-refractivity contribution < 1.29 is 17.6 Å². The van der Waals surface area contributed by atoms with Crippen molar-refractivity contribution in [1.29, 1.82) is 0 Å². The summed E-state index contributed by atoms with van der Waals surface area (Å²) in [5.41, 5.74) is 1.81. The zero-order chi connectivity index (χ0) is 23.1. The first kappa shape index (κ1) is 21.4. The van der Waals surface area contributed by atoms with Gasteiger partial charge in [-0.1, -0.05) is 91.0 Å². The van der Waals surface area contributed by atoms with Gasteiger partial charge in [-0.2, -0.15) is 13.2 Å². The maximum absolute atomic E-state index is 14.9. The van der Waals surface area contributed by atoms with E-state index in [9.17, 15) is 17.6 Å². The lowest BCUT2D eigenvalue weighted by Gasteiger charge is -2.43. The van der Waals surface area contributed by atoms with Crippen molar-refractivity contribution >= 4 is 0 Å². The minimum atomic E-state index is -4.60. The molecule has 0 spiro atoms. The van der Waals surface area contributed by atoms with E-state index >= 15 is 0 Å². The van der Waals surface area contributed by atoms with Crippen LogP contribution in [0.4, 0.5) is 17.6 Å². The molecule has 0 aromatic heterocycles. The highest BCUT2D eigenvalue weighted by Gasteiger charge is 2.45. The van der Waals surface area contributed by atoms with Gasteiger partial charge in [0.15, 0.2) is 0 Å². The van der Waals surface area contributed by atoms with Crippen LogP contribution in [0.3, 0.4) is 0 Å². The third kappa shape index (κ3) is 3.62. The van der Waals surface area contributed by atoms with Gasteiger partial charge in [0.25, 0.3) is 0 Å². The summed E-state index contributed by atoms with van der Waals surface area (Å²) in [7, 11) is 0. The summed E-state index contributed by atoms with van der Waals surface area (Å²) < 4.78 is 55.1. The van der Waals surface area contributed by atoms with Gasteiger partial charge in [-0.05, 0) is 34.4 Å². The van der Waals surface area contributed by atoms with Crippen LogP contribution in [0.15, 0.2) is 103 Å². The van der Waals surface area contributed by atoms with Gasteiger partial charge in [-0.15, -0.1) is 0 Å². The standard InChI is InChI=1S/C28H21F4N/c29-26-17-24(28(30,31)32)16-20-18-33(19-25(20)26)27(21-10-4-1-5-11-21,22-12-6-2-7-13-22)23-14-8-3-9-15-23/h1-17H,18-19H2. The van der Waals surface area contributed by atoms with Crippen molar-refractivity contribution in [2.75, 3.05) is 0 Å². The molecule has 4 aromatic rings. The molecule has 0 bridgehead atoms. The van der Waals surface area contributed by atoms with Crippen LogP contribution in [-0.4, -0.2) is 4.90 Å². The van der Waals surface area contributed by atoms with Gasteiger partial charge in [0.05, 0.1) is 11.1 Å². The molecule has 0 saturated carbocycles. The number of benzene rings is 4. The summed E-state index contributed by atoms with van der Waals surface area (Å²) in [5.74, 6) is -0.814. The molecule has 4 aromatic carbocycles. The Balaban J connectivity index is 1.74. The number of rotatable bonds is 4. The fourth-order valence-electron chi connectivity index (χ4n) is 4.95. The molecule has 0 amide bonds. The van der Waals surface area contributed by atoms with E-state index in [4.69, 9.17) is 0 Å². The second kappa shape index (κ2) is 8.16. The van der Waals surface area contributed by atoms with Crippen LogP contribution in [0.1, 0.15) is 33.4 Å². The minimum Gasteiger partial charge on any atom is -0.277 e. The Bertz CT molecular complexity index is 1160. The Labute approximate surface area is 189 Å². The minimum absolute atomic E-state index is 0.189. The second-order valence-electron chi connectivity index (χ2n) is 8.26. The first-order chi connectivity index (χ1) is 15.9. The first-order valence-electron chi connectivity index (χ1n) is 10.7. The van der Waals surface area contributed by atoms with E-state index in [1.54, 1.807) is 0 Å². The molecule has 1 nitrogen and oxygen atoms in total. The molecule has 0 fully saturated rings. The zero-order valence-electron chi connectivity index (χ0n) is 17.7. The lowest BCUT2D eigenvalue weighted by atomic mass is 9.75. The average Bonchev–Trinajstić information content (AvgIpc) is 3.26. The Kier molecular flexibility index (Phi) is 5.29. The molecule has 33 heavy (non-hydrogen) atoms. The van der Waals surface area contributed by atoms with Gasteiger partial charge in [-0.3, -0.25) is 4.90 Å². The van der Waals surface area contributed by atoms with E-state index in [-0.39, 0.29) is 13.1 Å². The van der Waals surface area contributed by atoms with E-state index in [1.165, 1.54) is 0 Å². The fourth-order valence-corrected chi connectivity index (χ4v) is 4.95. The molecule has 166 valence electrons. The summed E-state index contributed by atoms with van der Waals surface area (Å²) in [6.07, 6.45) is -4.60. The predicted molar refractivity (Wildman–Crippen MR) is 120 cm³/mol. The van der Waals surface area contributed by atoms with Crippen LogP contribution >= 0.6 is 0 Å². The molecule has 0 atom stereocenters. The van der Waals surface area contributed by atoms with Gasteiger partial charge in [0.2, 0.25) is 0 Å². The average molecular weight is 447 g/mol. The van der Waals surface area contributed by atoms with E-state index in [0.29, 0.717) is 17.2 Å². The Hall–Kier alpha value is -3.44. The summed E-state index contributed by atoms with van der Waals surface area (Å²) in [6, 6.07) is 31.2. The molecule has 1 heterocycles. The van der Waals surface area contributed by atoms with E-state index in [1.807, 2.05) is 91.0 Å². The Morgan fingerprint density at radius 2 is 1.03 bits per heavy atom. The molecule has 0 aliphatic carbocycles. The van der Waals surface area contributed by atoms with Crippen LogP contribution in [0, 0.1) is 5.82 Å². The zero-order valence-corrected chi connectivity index (χ0v) is 17.7. The fraction of sp³-hybridized carbons (Fsp3) is 0.143. The SMILES string of the molecule is Fc1cc(C(F)(F)F)cc2c1CN(C(c1ccccc1)(c1ccccc1)c1ccccc1)C2. The smallest absolute Gasteiger partial charge is 0.277 e. The van der Waals surface area contributed by atoms with Gasteiger partial charge < -0.3 is 0 Å². The van der Waals surface area contributed by atoms with Crippen molar-refractivity contribution in [2.24, 2.45) is 0 Å². The monoisotopic (exact) mass is 447 g/mol. The Morgan fingerprint density at radius 3 is 1.45 bits per heavy atom. The quantitative estimate of drug-likeness (QED) is 0.237. The molecule has 0 saturated heterocycles. The van der Waals surface area contributed by atoms with Gasteiger partial charge >= 0.3 is 6.18 Å². The van der Waals surface area contributed by atoms with Crippen LogP contribution < -0.4 is 0 Å². The summed E-state index contributed by atoms with van der Waals surface area (Å²) in [4.78, 5) is 2.07. The van der Waals surface area contributed by atoms with Crippen LogP contribution in [0.2, 0.25) is 0 Å². The highest BCUT2D eigenvalue weighted by atomic mass is 19.4. The number of nitrogens with zero attached hydrogens (tertiary/aromatic N) is 1. The normalized spacial score (nSPS) is 14.3. The van der Waals surface area contributed by atoms with Crippen LogP contribution in [-0.2, 0) is 24.8 Å². The van der Waals surface area contributed by atoms with Crippen molar-refractivity contribution in [2.45, 2.75) is 24.8 Å². The van der Waals surface area contributed by atoms with Crippen molar-refractivity contribution in [3.8, 4) is 0 Å². The molecule has 1 aliphatic rings. The molecule has 5 heteroatoms. The molecule has 0 N–H and O–H groups in total. The largest absolute Gasteiger partial charge is 0.416 e. The topological polar surface area (TPSA) is 3.24 Å². The molecule has 5 rings (SSSR count). The van der Waals surface area contributed by atoms with Crippen molar-refractivity contribution in [3.63, 3.8) is 0 Å².